The van der Waals surface area contributed by atoms with Crippen molar-refractivity contribution in [3.05, 3.63) is 16.4 Å². The average Bonchev–Trinajstić information content (AvgIpc) is 2.70. The van der Waals surface area contributed by atoms with Gasteiger partial charge in [-0.3, -0.25) is 15.0 Å². The van der Waals surface area contributed by atoms with Crippen LogP contribution in [0.25, 0.3) is 0 Å². The third kappa shape index (κ3) is 4.09. The topological polar surface area (TPSA) is 105 Å². The van der Waals surface area contributed by atoms with Gasteiger partial charge in [-0.05, 0) is 69.2 Å². The number of morpholine rings is 1. The predicted molar refractivity (Wildman–Crippen MR) is 114 cm³/mol. The van der Waals surface area contributed by atoms with Crippen molar-refractivity contribution in [3.63, 3.8) is 0 Å². The molecule has 30 heavy (non-hydrogen) atoms. The molecule has 4 saturated carbocycles. The quantitative estimate of drug-likeness (QED) is 0.379. The van der Waals surface area contributed by atoms with E-state index in [1.54, 1.807) is 0 Å². The maximum atomic E-state index is 11.9. The summed E-state index contributed by atoms with van der Waals surface area (Å²) in [6.07, 6.45) is 9.70. The summed E-state index contributed by atoms with van der Waals surface area (Å²) in [5, 5.41) is 18.7. The Bertz CT molecular complexity index is 747. The van der Waals surface area contributed by atoms with Gasteiger partial charge in [0.05, 0.1) is 18.1 Å². The normalized spacial score (nSPS) is 32.9. The molecule has 2 heterocycles. The summed E-state index contributed by atoms with van der Waals surface area (Å²) in [6.45, 7) is 5.06. The Morgan fingerprint density at radius 3 is 2.37 bits per heavy atom. The number of hydrogen-bond acceptors (Lipinski definition) is 8. The Morgan fingerprint density at radius 1 is 1.10 bits per heavy atom. The Balaban J connectivity index is 1.26. The molecule has 0 amide bonds. The lowest BCUT2D eigenvalue weighted by atomic mass is 9.53. The summed E-state index contributed by atoms with van der Waals surface area (Å²) in [5.74, 6) is 3.00. The Morgan fingerprint density at radius 2 is 1.73 bits per heavy atom. The van der Waals surface area contributed by atoms with Gasteiger partial charge in [0.2, 0.25) is 11.6 Å². The Kier molecular flexibility index (Phi) is 5.49. The fourth-order valence-electron chi connectivity index (χ4n) is 6.62. The SMILES string of the molecule is O=[N+]([O-])c1c(NCCCN2CCOCC2)ncnc1NC12CC3CC(CC(C3)C1)C2. The molecule has 0 atom stereocenters. The van der Waals surface area contributed by atoms with Crippen LogP contribution in [0.1, 0.15) is 44.9 Å². The van der Waals surface area contributed by atoms with E-state index in [1.807, 2.05) is 0 Å². The molecule has 0 spiro atoms. The predicted octanol–water partition coefficient (Wildman–Crippen LogP) is 2.90. The summed E-state index contributed by atoms with van der Waals surface area (Å²) in [5.41, 5.74) is -0.0406. The van der Waals surface area contributed by atoms with E-state index in [2.05, 4.69) is 25.5 Å². The number of hydrogen-bond donors (Lipinski definition) is 2. The minimum atomic E-state index is -0.340. The second-order valence-corrected chi connectivity index (χ2v) is 9.73. The van der Waals surface area contributed by atoms with E-state index in [-0.39, 0.29) is 16.1 Å². The van der Waals surface area contributed by atoms with Crippen LogP contribution in [-0.2, 0) is 4.74 Å². The minimum absolute atomic E-state index is 0.0142. The highest BCUT2D eigenvalue weighted by Gasteiger charge is 2.51. The summed E-state index contributed by atoms with van der Waals surface area (Å²) in [6, 6.07) is 0. The average molecular weight is 417 g/mol. The molecule has 9 heteroatoms. The van der Waals surface area contributed by atoms with Gasteiger partial charge in [-0.25, -0.2) is 9.97 Å². The lowest BCUT2D eigenvalue weighted by Gasteiger charge is -2.57. The second-order valence-electron chi connectivity index (χ2n) is 9.73. The smallest absolute Gasteiger partial charge is 0.353 e. The van der Waals surface area contributed by atoms with Crippen LogP contribution in [0, 0.1) is 27.9 Å². The zero-order chi connectivity index (χ0) is 20.6. The first-order chi connectivity index (χ1) is 14.6. The second kappa shape index (κ2) is 8.26. The molecule has 4 aliphatic carbocycles. The molecule has 4 bridgehead atoms. The lowest BCUT2D eigenvalue weighted by Crippen LogP contribution is -2.55. The van der Waals surface area contributed by atoms with Gasteiger partial charge in [0.25, 0.3) is 0 Å². The standard InChI is InChI=1S/C21H32N6O3/c28-27(29)18-19(22-2-1-3-26-4-6-30-7-5-26)23-14-24-20(18)25-21-11-15-8-16(12-21)10-17(9-15)13-21/h14-17H,1-13H2,(H2,22,23,24,25). The zero-order valence-electron chi connectivity index (χ0n) is 17.5. The van der Waals surface area contributed by atoms with E-state index in [0.717, 1.165) is 76.3 Å². The molecule has 0 radical (unpaired) electrons. The van der Waals surface area contributed by atoms with E-state index in [4.69, 9.17) is 4.74 Å². The number of nitrogens with zero attached hydrogens (tertiary/aromatic N) is 4. The highest BCUT2D eigenvalue weighted by Crippen LogP contribution is 2.56. The number of ether oxygens (including phenoxy) is 1. The van der Waals surface area contributed by atoms with Crippen LogP contribution in [0.5, 0.6) is 0 Å². The number of nitrogens with one attached hydrogen (secondary N) is 2. The number of rotatable bonds is 8. The first-order valence-electron chi connectivity index (χ1n) is 11.4. The molecule has 5 fully saturated rings. The van der Waals surface area contributed by atoms with Gasteiger partial charge >= 0.3 is 5.69 Å². The molecule has 0 unspecified atom stereocenters. The van der Waals surface area contributed by atoms with Crippen LogP contribution in [0.3, 0.4) is 0 Å². The van der Waals surface area contributed by atoms with E-state index < -0.39 is 0 Å². The molecule has 9 nitrogen and oxygen atoms in total. The number of nitro groups is 1. The minimum Gasteiger partial charge on any atom is -0.379 e. The summed E-state index contributed by atoms with van der Waals surface area (Å²) in [4.78, 5) is 22.5. The van der Waals surface area contributed by atoms with Crippen molar-refractivity contribution in [2.24, 2.45) is 17.8 Å². The molecule has 2 N–H and O–H groups in total. The van der Waals surface area contributed by atoms with Gasteiger partial charge < -0.3 is 15.4 Å². The molecule has 5 aliphatic rings. The van der Waals surface area contributed by atoms with Gasteiger partial charge in [0, 0.05) is 25.2 Å². The molecule has 164 valence electrons. The molecule has 0 aromatic carbocycles. The maximum Gasteiger partial charge on any atom is 0.353 e. The zero-order valence-corrected chi connectivity index (χ0v) is 17.5. The van der Waals surface area contributed by atoms with Gasteiger partial charge in [-0.2, -0.15) is 0 Å². The van der Waals surface area contributed by atoms with Crippen molar-refractivity contribution >= 4 is 17.3 Å². The largest absolute Gasteiger partial charge is 0.379 e. The van der Waals surface area contributed by atoms with E-state index in [1.165, 1.54) is 25.6 Å². The van der Waals surface area contributed by atoms with Crippen molar-refractivity contribution < 1.29 is 9.66 Å². The van der Waals surface area contributed by atoms with Crippen LogP contribution < -0.4 is 10.6 Å². The lowest BCUT2D eigenvalue weighted by molar-refractivity contribution is -0.383. The summed E-state index contributed by atoms with van der Waals surface area (Å²) < 4.78 is 5.37. The van der Waals surface area contributed by atoms with E-state index in [0.29, 0.717) is 18.2 Å². The molecule has 1 saturated heterocycles. The van der Waals surface area contributed by atoms with Crippen LogP contribution in [0.2, 0.25) is 0 Å². The highest BCUT2D eigenvalue weighted by molar-refractivity contribution is 5.70. The molecule has 1 aromatic heterocycles. The van der Waals surface area contributed by atoms with E-state index >= 15 is 0 Å². The first-order valence-corrected chi connectivity index (χ1v) is 11.4. The fourth-order valence-corrected chi connectivity index (χ4v) is 6.62. The van der Waals surface area contributed by atoms with Crippen LogP contribution in [0.15, 0.2) is 6.33 Å². The van der Waals surface area contributed by atoms with Gasteiger partial charge in [0.1, 0.15) is 6.33 Å². The molecule has 1 aromatic rings. The van der Waals surface area contributed by atoms with Crippen molar-refractivity contribution in [1.29, 1.82) is 0 Å². The number of anilines is 2. The Hall–Kier alpha value is -2.00. The van der Waals surface area contributed by atoms with Crippen LogP contribution in [-0.4, -0.2) is 64.7 Å². The van der Waals surface area contributed by atoms with Gasteiger partial charge in [-0.15, -0.1) is 0 Å². The van der Waals surface area contributed by atoms with Crippen molar-refractivity contribution in [2.75, 3.05) is 50.0 Å². The van der Waals surface area contributed by atoms with Crippen LogP contribution in [0.4, 0.5) is 17.3 Å². The summed E-state index contributed by atoms with van der Waals surface area (Å²) in [7, 11) is 0. The molecular formula is C21H32N6O3. The van der Waals surface area contributed by atoms with Gasteiger partial charge in [-0.1, -0.05) is 0 Å². The molecule has 1 aliphatic heterocycles. The van der Waals surface area contributed by atoms with Crippen molar-refractivity contribution in [1.82, 2.24) is 14.9 Å². The van der Waals surface area contributed by atoms with Crippen molar-refractivity contribution in [2.45, 2.75) is 50.5 Å². The third-order valence-electron chi connectivity index (χ3n) is 7.47. The first kappa shape index (κ1) is 19.9. The molecule has 6 rings (SSSR count). The number of aromatic nitrogens is 2. The summed E-state index contributed by atoms with van der Waals surface area (Å²) >= 11 is 0. The third-order valence-corrected chi connectivity index (χ3v) is 7.47. The molecular weight excluding hydrogens is 384 g/mol. The van der Waals surface area contributed by atoms with Gasteiger partial charge in [0.15, 0.2) is 0 Å². The Labute approximate surface area is 177 Å². The monoisotopic (exact) mass is 416 g/mol. The van der Waals surface area contributed by atoms with Crippen LogP contribution >= 0.6 is 0 Å². The van der Waals surface area contributed by atoms with Crippen molar-refractivity contribution in [3.8, 4) is 0 Å². The maximum absolute atomic E-state index is 11.9. The van der Waals surface area contributed by atoms with E-state index in [9.17, 15) is 10.1 Å². The highest BCUT2D eigenvalue weighted by atomic mass is 16.6. The fraction of sp³-hybridized carbons (Fsp3) is 0.810.